The first-order chi connectivity index (χ1) is 14.8. The van der Waals surface area contributed by atoms with E-state index in [0.29, 0.717) is 16.5 Å². The molecule has 0 saturated carbocycles. The number of aromatic nitrogens is 3. The maximum absolute atomic E-state index is 12.8. The van der Waals surface area contributed by atoms with Crippen molar-refractivity contribution >= 4 is 47.7 Å². The molecule has 13 heteroatoms. The van der Waals surface area contributed by atoms with Gasteiger partial charge < -0.3 is 0 Å². The molecule has 0 saturated heterocycles. The van der Waals surface area contributed by atoms with E-state index in [0.717, 1.165) is 0 Å². The van der Waals surface area contributed by atoms with Crippen molar-refractivity contribution in [3.8, 4) is 5.69 Å². The van der Waals surface area contributed by atoms with Gasteiger partial charge in [-0.2, -0.15) is 8.43 Å². The molecule has 0 aliphatic carbocycles. The molecule has 1 unspecified atom stereocenters. The third-order valence-corrected chi connectivity index (χ3v) is 10.5. The number of benzene rings is 2. The van der Waals surface area contributed by atoms with E-state index in [1.807, 2.05) is 0 Å². The Morgan fingerprint density at radius 3 is 2.23 bits per heavy atom. The van der Waals surface area contributed by atoms with Crippen molar-refractivity contribution < 1.29 is 16.8 Å². The van der Waals surface area contributed by atoms with Crippen molar-refractivity contribution in [3.63, 3.8) is 0 Å². The molecule has 1 aliphatic heterocycles. The quantitative estimate of drug-likeness (QED) is 0.518. The second kappa shape index (κ2) is 8.81. The average molecular weight is 500 g/mol. The maximum Gasteiger partial charge on any atom is 0.249 e. The van der Waals surface area contributed by atoms with Crippen LogP contribution in [0.5, 0.6) is 0 Å². The smallest absolute Gasteiger partial charge is 0.221 e. The molecule has 0 radical (unpaired) electrons. The number of nitrogens with one attached hydrogen (secondary N) is 1. The fraction of sp³-hybridized carbons (Fsp3) is 0.167. The van der Waals surface area contributed by atoms with Crippen LogP contribution in [0.15, 0.2) is 70.7 Å². The Morgan fingerprint density at radius 1 is 0.968 bits per heavy atom. The monoisotopic (exact) mass is 499 g/mol. The van der Waals surface area contributed by atoms with Crippen LogP contribution >= 0.6 is 22.3 Å². The van der Waals surface area contributed by atoms with E-state index in [-0.39, 0.29) is 22.9 Å². The first kappa shape index (κ1) is 22.1. The van der Waals surface area contributed by atoms with E-state index in [9.17, 15) is 16.8 Å². The zero-order valence-corrected chi connectivity index (χ0v) is 19.2. The van der Waals surface area contributed by atoms with Crippen LogP contribution < -0.4 is 4.13 Å². The predicted molar refractivity (Wildman–Crippen MR) is 120 cm³/mol. The SMILES string of the molecule is O=S(=O)(NS1=CCN(S(=O)(=O)c2ccc(Cl)cc2)CC1)c1ccc(-n2ccnn2)cc1. The summed E-state index contributed by atoms with van der Waals surface area (Å²) in [7, 11) is -8.20. The summed E-state index contributed by atoms with van der Waals surface area (Å²) in [5, 5.41) is 9.71. The molecule has 164 valence electrons. The van der Waals surface area contributed by atoms with Crippen molar-refractivity contribution in [2.75, 3.05) is 18.8 Å². The summed E-state index contributed by atoms with van der Waals surface area (Å²) in [4.78, 5) is 0.272. The lowest BCUT2D eigenvalue weighted by molar-refractivity contribution is 0.470. The largest absolute Gasteiger partial charge is 0.249 e. The predicted octanol–water partition coefficient (Wildman–Crippen LogP) is 1.89. The van der Waals surface area contributed by atoms with Crippen molar-refractivity contribution in [2.45, 2.75) is 9.79 Å². The van der Waals surface area contributed by atoms with E-state index in [1.54, 1.807) is 23.7 Å². The number of rotatable bonds is 6. The Kier molecular flexibility index (Phi) is 6.28. The van der Waals surface area contributed by atoms with Crippen LogP contribution in [-0.2, 0) is 20.0 Å². The number of hydrogen-bond donors (Lipinski definition) is 1. The van der Waals surface area contributed by atoms with Crippen LogP contribution in [0.3, 0.4) is 0 Å². The lowest BCUT2D eigenvalue weighted by Gasteiger charge is -2.26. The highest BCUT2D eigenvalue weighted by atomic mass is 35.5. The Balaban J connectivity index is 1.45. The molecule has 2 aromatic carbocycles. The van der Waals surface area contributed by atoms with Gasteiger partial charge in [0.05, 0.1) is 27.9 Å². The van der Waals surface area contributed by atoms with Gasteiger partial charge in [-0.1, -0.05) is 16.8 Å². The Hall–Kier alpha value is -2.09. The molecule has 3 aromatic rings. The lowest BCUT2D eigenvalue weighted by Crippen LogP contribution is -2.39. The maximum atomic E-state index is 12.8. The molecule has 9 nitrogen and oxygen atoms in total. The molecule has 4 rings (SSSR count). The first-order valence-corrected chi connectivity index (χ1v) is 13.8. The van der Waals surface area contributed by atoms with Crippen LogP contribution in [-0.4, -0.2) is 60.3 Å². The lowest BCUT2D eigenvalue weighted by atomic mass is 10.3. The van der Waals surface area contributed by atoms with Gasteiger partial charge in [0, 0.05) is 23.9 Å². The molecular weight excluding hydrogens is 482 g/mol. The number of nitrogens with zero attached hydrogens (tertiary/aromatic N) is 4. The van der Waals surface area contributed by atoms with Gasteiger partial charge in [-0.25, -0.2) is 21.5 Å². The first-order valence-electron chi connectivity index (χ1n) is 9.04. The molecule has 2 heterocycles. The van der Waals surface area contributed by atoms with Crippen LogP contribution in [0.25, 0.3) is 5.69 Å². The van der Waals surface area contributed by atoms with Gasteiger partial charge in [-0.05, 0) is 53.9 Å². The van der Waals surface area contributed by atoms with Crippen molar-refractivity contribution in [2.24, 2.45) is 0 Å². The van der Waals surface area contributed by atoms with E-state index >= 15 is 0 Å². The van der Waals surface area contributed by atoms with Gasteiger partial charge >= 0.3 is 0 Å². The molecule has 31 heavy (non-hydrogen) atoms. The second-order valence-corrected chi connectivity index (χ2v) is 12.7. The minimum absolute atomic E-state index is 0.113. The summed E-state index contributed by atoms with van der Waals surface area (Å²) in [5.41, 5.74) is 0.686. The summed E-state index contributed by atoms with van der Waals surface area (Å²) in [6.45, 7) is 0.320. The Labute approximate surface area is 187 Å². The molecule has 0 bridgehead atoms. The van der Waals surface area contributed by atoms with Gasteiger partial charge in [0.2, 0.25) is 20.0 Å². The fourth-order valence-corrected chi connectivity index (χ4v) is 8.18. The number of halogens is 1. The van der Waals surface area contributed by atoms with E-state index in [1.165, 1.54) is 51.6 Å². The molecule has 0 amide bonds. The Morgan fingerprint density at radius 2 is 1.65 bits per heavy atom. The van der Waals surface area contributed by atoms with Crippen LogP contribution in [0, 0.1) is 0 Å². The van der Waals surface area contributed by atoms with Gasteiger partial charge in [-0.15, -0.1) is 15.8 Å². The number of hydrogen-bond acceptors (Lipinski definition) is 6. The summed E-state index contributed by atoms with van der Waals surface area (Å²) in [6.07, 6.45) is 3.19. The van der Waals surface area contributed by atoms with Gasteiger partial charge in [0.25, 0.3) is 0 Å². The van der Waals surface area contributed by atoms with Gasteiger partial charge in [0.1, 0.15) is 0 Å². The molecule has 0 spiro atoms. The van der Waals surface area contributed by atoms with Crippen LogP contribution in [0.4, 0.5) is 0 Å². The van der Waals surface area contributed by atoms with E-state index in [2.05, 4.69) is 14.4 Å². The molecule has 1 aromatic heterocycles. The van der Waals surface area contributed by atoms with Gasteiger partial charge in [0.15, 0.2) is 0 Å². The standard InChI is InChI=1S/C18H18ClN5O4S3/c19-15-1-5-18(6-2-15)31(27,28)23-11-13-29(14-12-23)22-30(25,26)17-7-3-16(4-8-17)24-10-9-20-21-24/h1-10,13,22H,11-12,14H2. The van der Waals surface area contributed by atoms with Crippen molar-refractivity contribution in [1.82, 2.24) is 23.4 Å². The van der Waals surface area contributed by atoms with E-state index < -0.39 is 30.7 Å². The average Bonchev–Trinajstić information content (AvgIpc) is 3.29. The van der Waals surface area contributed by atoms with E-state index in [4.69, 9.17) is 11.6 Å². The zero-order valence-electron chi connectivity index (χ0n) is 16.0. The Bertz CT molecular complexity index is 1310. The summed E-state index contributed by atoms with van der Waals surface area (Å²) in [6, 6.07) is 12.2. The fourth-order valence-electron chi connectivity index (χ4n) is 2.91. The molecular formula is C18H18ClN5O4S3. The minimum Gasteiger partial charge on any atom is -0.221 e. The highest BCUT2D eigenvalue weighted by Crippen LogP contribution is 2.23. The molecule has 0 fully saturated rings. The third kappa shape index (κ3) is 4.89. The molecule has 1 N–H and O–H groups in total. The van der Waals surface area contributed by atoms with Gasteiger partial charge in [-0.3, -0.25) is 0 Å². The summed E-state index contributed by atoms with van der Waals surface area (Å²) in [5.74, 6) is 0.350. The normalized spacial score (nSPS) is 17.9. The van der Waals surface area contributed by atoms with Crippen LogP contribution in [0.1, 0.15) is 0 Å². The summed E-state index contributed by atoms with van der Waals surface area (Å²) < 4.78 is 56.5. The third-order valence-electron chi connectivity index (χ3n) is 4.54. The second-order valence-electron chi connectivity index (χ2n) is 6.54. The van der Waals surface area contributed by atoms with Crippen molar-refractivity contribution in [1.29, 1.82) is 0 Å². The summed E-state index contributed by atoms with van der Waals surface area (Å²) >= 11 is 5.83. The number of sulfonamides is 2. The van der Waals surface area contributed by atoms with Crippen molar-refractivity contribution in [3.05, 3.63) is 65.9 Å². The highest BCUT2D eigenvalue weighted by Gasteiger charge is 2.27. The highest BCUT2D eigenvalue weighted by molar-refractivity contribution is 8.20. The molecule has 1 aliphatic rings. The zero-order chi connectivity index (χ0) is 22.1. The topological polar surface area (TPSA) is 114 Å². The minimum atomic E-state index is -3.75. The molecule has 1 atom stereocenters. The van der Waals surface area contributed by atoms with Crippen LogP contribution in [0.2, 0.25) is 5.02 Å².